The van der Waals surface area contributed by atoms with Gasteiger partial charge in [0.25, 0.3) is 11.8 Å². The zero-order valence-corrected chi connectivity index (χ0v) is 14.0. The summed E-state index contributed by atoms with van der Waals surface area (Å²) in [6.45, 7) is 1.16. The molecule has 130 valence electrons. The van der Waals surface area contributed by atoms with Crippen molar-refractivity contribution in [3.8, 4) is 5.75 Å². The largest absolute Gasteiger partial charge is 0.497 e. The number of hydrogen-bond donors (Lipinski definition) is 1. The Balaban J connectivity index is 1.54. The molecule has 0 unspecified atom stereocenters. The monoisotopic (exact) mass is 340 g/mol. The number of ether oxygens (including phenoxy) is 1. The van der Waals surface area contributed by atoms with Crippen LogP contribution in [0.4, 0.5) is 0 Å². The SMILES string of the molecule is COc1cccc(C(=O)NC2CCN(C(=O)c3cnccn3)CC2)c1. The molecule has 1 aliphatic heterocycles. The van der Waals surface area contributed by atoms with Gasteiger partial charge in [0.05, 0.1) is 13.3 Å². The molecule has 3 rings (SSSR count). The van der Waals surface area contributed by atoms with E-state index in [4.69, 9.17) is 4.74 Å². The number of rotatable bonds is 4. The van der Waals surface area contributed by atoms with E-state index in [1.165, 1.54) is 18.6 Å². The highest BCUT2D eigenvalue weighted by atomic mass is 16.5. The van der Waals surface area contributed by atoms with E-state index in [1.807, 2.05) is 0 Å². The van der Waals surface area contributed by atoms with Gasteiger partial charge in [-0.3, -0.25) is 14.6 Å². The van der Waals surface area contributed by atoms with Crippen molar-refractivity contribution in [1.29, 1.82) is 0 Å². The quantitative estimate of drug-likeness (QED) is 0.912. The number of amides is 2. The molecule has 1 N–H and O–H groups in total. The van der Waals surface area contributed by atoms with E-state index >= 15 is 0 Å². The first-order chi connectivity index (χ1) is 12.2. The third-order valence-electron chi connectivity index (χ3n) is 4.23. The van der Waals surface area contributed by atoms with Gasteiger partial charge in [0.2, 0.25) is 0 Å². The molecule has 25 heavy (non-hydrogen) atoms. The smallest absolute Gasteiger partial charge is 0.274 e. The van der Waals surface area contributed by atoms with Gasteiger partial charge in [-0.15, -0.1) is 0 Å². The number of likely N-dealkylation sites (tertiary alicyclic amines) is 1. The van der Waals surface area contributed by atoms with Crippen molar-refractivity contribution in [3.63, 3.8) is 0 Å². The number of benzene rings is 1. The predicted molar refractivity (Wildman–Crippen MR) is 91.4 cm³/mol. The van der Waals surface area contributed by atoms with Crippen LogP contribution in [0, 0.1) is 0 Å². The maximum Gasteiger partial charge on any atom is 0.274 e. The molecule has 0 radical (unpaired) electrons. The van der Waals surface area contributed by atoms with Gasteiger partial charge in [-0.2, -0.15) is 0 Å². The van der Waals surface area contributed by atoms with Crippen molar-refractivity contribution in [3.05, 3.63) is 54.1 Å². The predicted octanol–water partition coefficient (Wildman–Crippen LogP) is 1.52. The van der Waals surface area contributed by atoms with Gasteiger partial charge in [-0.25, -0.2) is 4.98 Å². The van der Waals surface area contributed by atoms with Crippen molar-refractivity contribution in [2.45, 2.75) is 18.9 Å². The number of carbonyl (C=O) groups is 2. The minimum atomic E-state index is -0.127. The molecule has 7 heteroatoms. The number of nitrogens with one attached hydrogen (secondary N) is 1. The lowest BCUT2D eigenvalue weighted by Crippen LogP contribution is -2.46. The molecular formula is C18H20N4O3. The number of piperidine rings is 1. The van der Waals surface area contributed by atoms with Crippen LogP contribution < -0.4 is 10.1 Å². The molecule has 0 bridgehead atoms. The summed E-state index contributed by atoms with van der Waals surface area (Å²) in [5.74, 6) is 0.403. The summed E-state index contributed by atoms with van der Waals surface area (Å²) in [5, 5.41) is 3.03. The first kappa shape index (κ1) is 16.9. The van der Waals surface area contributed by atoms with Crippen LogP contribution in [0.3, 0.4) is 0 Å². The molecule has 0 atom stereocenters. The normalized spacial score (nSPS) is 14.8. The van der Waals surface area contributed by atoms with Crippen molar-refractivity contribution >= 4 is 11.8 Å². The maximum atomic E-state index is 12.4. The second-order valence-electron chi connectivity index (χ2n) is 5.86. The Labute approximate surface area is 146 Å². The summed E-state index contributed by atoms with van der Waals surface area (Å²) >= 11 is 0. The first-order valence-corrected chi connectivity index (χ1v) is 8.17. The molecule has 1 aromatic heterocycles. The van der Waals surface area contributed by atoms with E-state index in [0.29, 0.717) is 42.9 Å². The third kappa shape index (κ3) is 4.12. The summed E-state index contributed by atoms with van der Waals surface area (Å²) in [6, 6.07) is 7.10. The molecule has 2 amide bonds. The summed E-state index contributed by atoms with van der Waals surface area (Å²) in [5.41, 5.74) is 0.916. The molecule has 1 aliphatic rings. The minimum absolute atomic E-state index is 0.0459. The van der Waals surface area contributed by atoms with Gasteiger partial charge in [-0.1, -0.05) is 6.07 Å². The fourth-order valence-electron chi connectivity index (χ4n) is 2.83. The minimum Gasteiger partial charge on any atom is -0.497 e. The van der Waals surface area contributed by atoms with Crippen molar-refractivity contribution < 1.29 is 14.3 Å². The average molecular weight is 340 g/mol. The summed E-state index contributed by atoms with van der Waals surface area (Å²) in [4.78, 5) is 34.4. The molecule has 1 aromatic carbocycles. The molecule has 2 heterocycles. The van der Waals surface area contributed by atoms with E-state index in [9.17, 15) is 9.59 Å². The van der Waals surface area contributed by atoms with Gasteiger partial charge >= 0.3 is 0 Å². The van der Waals surface area contributed by atoms with Crippen LogP contribution in [0.25, 0.3) is 0 Å². The highest BCUT2D eigenvalue weighted by Gasteiger charge is 2.25. The van der Waals surface area contributed by atoms with Crippen molar-refractivity contribution in [2.24, 2.45) is 0 Å². The lowest BCUT2D eigenvalue weighted by Gasteiger charge is -2.32. The van der Waals surface area contributed by atoms with E-state index in [-0.39, 0.29) is 17.9 Å². The van der Waals surface area contributed by atoms with Crippen molar-refractivity contribution in [1.82, 2.24) is 20.2 Å². The Bertz CT molecular complexity index is 743. The van der Waals surface area contributed by atoms with Crippen LogP contribution in [0.5, 0.6) is 5.75 Å². The van der Waals surface area contributed by atoms with Gasteiger partial charge in [0.15, 0.2) is 0 Å². The summed E-state index contributed by atoms with van der Waals surface area (Å²) < 4.78 is 5.14. The van der Waals surface area contributed by atoms with Gasteiger partial charge < -0.3 is 15.0 Å². The second kappa shape index (κ2) is 7.74. The topological polar surface area (TPSA) is 84.4 Å². The highest BCUT2D eigenvalue weighted by Crippen LogP contribution is 2.15. The first-order valence-electron chi connectivity index (χ1n) is 8.17. The molecule has 0 aliphatic carbocycles. The van der Waals surface area contributed by atoms with Crippen LogP contribution in [0.1, 0.15) is 33.7 Å². The van der Waals surface area contributed by atoms with E-state index < -0.39 is 0 Å². The Morgan fingerprint density at radius 1 is 1.24 bits per heavy atom. The van der Waals surface area contributed by atoms with E-state index in [0.717, 1.165) is 0 Å². The van der Waals surface area contributed by atoms with Crippen molar-refractivity contribution in [2.75, 3.05) is 20.2 Å². The van der Waals surface area contributed by atoms with Gasteiger partial charge in [0.1, 0.15) is 11.4 Å². The van der Waals surface area contributed by atoms with Crippen LogP contribution >= 0.6 is 0 Å². The molecule has 1 saturated heterocycles. The lowest BCUT2D eigenvalue weighted by molar-refractivity contribution is 0.0692. The number of aromatic nitrogens is 2. The zero-order chi connectivity index (χ0) is 17.6. The van der Waals surface area contributed by atoms with Gasteiger partial charge in [-0.05, 0) is 31.0 Å². The van der Waals surface area contributed by atoms with Gasteiger partial charge in [0, 0.05) is 37.1 Å². The molecular weight excluding hydrogens is 320 g/mol. The van der Waals surface area contributed by atoms with Crippen LogP contribution in [0.15, 0.2) is 42.9 Å². The van der Waals surface area contributed by atoms with Crippen LogP contribution in [-0.2, 0) is 0 Å². The Morgan fingerprint density at radius 2 is 2.04 bits per heavy atom. The Morgan fingerprint density at radius 3 is 2.72 bits per heavy atom. The number of methoxy groups -OCH3 is 1. The Hall–Kier alpha value is -2.96. The second-order valence-corrected chi connectivity index (χ2v) is 5.86. The molecule has 7 nitrogen and oxygen atoms in total. The number of hydrogen-bond acceptors (Lipinski definition) is 5. The number of carbonyl (C=O) groups excluding carboxylic acids is 2. The van der Waals surface area contributed by atoms with Crippen LogP contribution in [-0.4, -0.2) is 52.9 Å². The fourth-order valence-corrected chi connectivity index (χ4v) is 2.83. The third-order valence-corrected chi connectivity index (χ3v) is 4.23. The highest BCUT2D eigenvalue weighted by molar-refractivity contribution is 5.95. The van der Waals surface area contributed by atoms with E-state index in [2.05, 4.69) is 15.3 Å². The molecule has 2 aromatic rings. The van der Waals surface area contributed by atoms with E-state index in [1.54, 1.807) is 36.3 Å². The maximum absolute atomic E-state index is 12.4. The average Bonchev–Trinajstić information content (AvgIpc) is 2.68. The summed E-state index contributed by atoms with van der Waals surface area (Å²) in [7, 11) is 1.57. The Kier molecular flexibility index (Phi) is 5.23. The zero-order valence-electron chi connectivity index (χ0n) is 14.0. The molecule has 0 saturated carbocycles. The summed E-state index contributed by atoms with van der Waals surface area (Å²) in [6.07, 6.45) is 5.94. The lowest BCUT2D eigenvalue weighted by atomic mass is 10.0. The molecule has 0 spiro atoms. The fraction of sp³-hybridized carbons (Fsp3) is 0.333. The molecule has 1 fully saturated rings. The number of nitrogens with zero attached hydrogens (tertiary/aromatic N) is 3. The van der Waals surface area contributed by atoms with Crippen LogP contribution in [0.2, 0.25) is 0 Å². The standard InChI is InChI=1S/C18H20N4O3/c1-25-15-4-2-3-13(11-15)17(23)21-14-5-9-22(10-6-14)18(24)16-12-19-7-8-20-16/h2-4,7-8,11-12,14H,5-6,9-10H2,1H3,(H,21,23).